The number of aliphatic hydroxyl groups is 1. The molecule has 1 unspecified atom stereocenters. The molecule has 0 amide bonds. The number of hydrogen-bond donors (Lipinski definition) is 1. The summed E-state index contributed by atoms with van der Waals surface area (Å²) in [6.45, 7) is 0. The molecule has 0 aliphatic carbocycles. The fourth-order valence-corrected chi connectivity index (χ4v) is 2.31. The fourth-order valence-electron chi connectivity index (χ4n) is 1.95. The minimum atomic E-state index is -0.404. The lowest BCUT2D eigenvalue weighted by Gasteiger charge is -2.11. The van der Waals surface area contributed by atoms with E-state index in [9.17, 15) is 5.11 Å². The molecule has 0 bridgehead atoms. The average Bonchev–Trinajstić information content (AvgIpc) is 2.46. The molecular formula is C16H17IO2. The van der Waals surface area contributed by atoms with Crippen LogP contribution in [0, 0.1) is 3.57 Å². The number of methoxy groups -OCH3 is 1. The first kappa shape index (κ1) is 14.3. The summed E-state index contributed by atoms with van der Waals surface area (Å²) in [5, 5.41) is 10.1. The van der Waals surface area contributed by atoms with E-state index in [4.69, 9.17) is 4.74 Å². The SMILES string of the molecule is COc1ccc(CCC(O)c2ccc(I)cc2)cc1. The lowest BCUT2D eigenvalue weighted by molar-refractivity contribution is 0.168. The van der Waals surface area contributed by atoms with Gasteiger partial charge in [-0.05, 0) is 70.8 Å². The van der Waals surface area contributed by atoms with Crippen molar-refractivity contribution in [1.29, 1.82) is 0 Å². The first-order chi connectivity index (χ1) is 9.19. The summed E-state index contributed by atoms with van der Waals surface area (Å²) < 4.78 is 6.31. The van der Waals surface area contributed by atoms with Gasteiger partial charge in [-0.1, -0.05) is 24.3 Å². The number of benzene rings is 2. The van der Waals surface area contributed by atoms with E-state index in [0.29, 0.717) is 0 Å². The highest BCUT2D eigenvalue weighted by molar-refractivity contribution is 14.1. The molecule has 0 aromatic heterocycles. The normalized spacial score (nSPS) is 12.2. The third-order valence-corrected chi connectivity index (χ3v) is 3.84. The molecule has 1 atom stereocenters. The number of rotatable bonds is 5. The summed E-state index contributed by atoms with van der Waals surface area (Å²) in [7, 11) is 1.66. The lowest BCUT2D eigenvalue weighted by atomic mass is 10.0. The molecule has 100 valence electrons. The van der Waals surface area contributed by atoms with Crippen molar-refractivity contribution in [3.05, 3.63) is 63.2 Å². The van der Waals surface area contributed by atoms with Crippen LogP contribution in [-0.2, 0) is 6.42 Å². The van der Waals surface area contributed by atoms with Crippen molar-refractivity contribution >= 4 is 22.6 Å². The van der Waals surface area contributed by atoms with Crippen molar-refractivity contribution in [2.75, 3.05) is 7.11 Å². The van der Waals surface area contributed by atoms with Crippen molar-refractivity contribution in [1.82, 2.24) is 0 Å². The Labute approximate surface area is 127 Å². The topological polar surface area (TPSA) is 29.5 Å². The van der Waals surface area contributed by atoms with E-state index in [1.54, 1.807) is 7.11 Å². The van der Waals surface area contributed by atoms with Gasteiger partial charge in [-0.15, -0.1) is 0 Å². The summed E-state index contributed by atoms with van der Waals surface area (Å²) in [5.41, 5.74) is 2.19. The van der Waals surface area contributed by atoms with Gasteiger partial charge in [0.1, 0.15) is 5.75 Å². The van der Waals surface area contributed by atoms with Crippen LogP contribution in [0.1, 0.15) is 23.7 Å². The molecular weight excluding hydrogens is 351 g/mol. The molecule has 2 nitrogen and oxygen atoms in total. The van der Waals surface area contributed by atoms with Gasteiger partial charge in [0.2, 0.25) is 0 Å². The Balaban J connectivity index is 1.92. The van der Waals surface area contributed by atoms with E-state index in [1.165, 1.54) is 9.13 Å². The van der Waals surface area contributed by atoms with Gasteiger partial charge in [-0.3, -0.25) is 0 Å². The van der Waals surface area contributed by atoms with Crippen molar-refractivity contribution < 1.29 is 9.84 Å². The van der Waals surface area contributed by atoms with E-state index >= 15 is 0 Å². The largest absolute Gasteiger partial charge is 0.497 e. The number of hydrogen-bond acceptors (Lipinski definition) is 2. The number of halogens is 1. The molecule has 3 heteroatoms. The molecule has 0 radical (unpaired) electrons. The van der Waals surface area contributed by atoms with Gasteiger partial charge in [0.15, 0.2) is 0 Å². The summed E-state index contributed by atoms with van der Waals surface area (Å²) in [6, 6.07) is 16.0. The summed E-state index contributed by atoms with van der Waals surface area (Å²) in [4.78, 5) is 0. The number of ether oxygens (including phenoxy) is 1. The maximum atomic E-state index is 10.1. The van der Waals surface area contributed by atoms with Gasteiger partial charge in [0.25, 0.3) is 0 Å². The zero-order chi connectivity index (χ0) is 13.7. The minimum absolute atomic E-state index is 0.404. The summed E-state index contributed by atoms with van der Waals surface area (Å²) in [5.74, 6) is 0.863. The standard InChI is InChI=1S/C16H17IO2/c1-19-15-9-2-12(3-10-15)4-11-16(18)13-5-7-14(17)8-6-13/h2-3,5-10,16,18H,4,11H2,1H3. The molecule has 2 aromatic carbocycles. The molecule has 2 rings (SSSR count). The van der Waals surface area contributed by atoms with Crippen LogP contribution in [0.4, 0.5) is 0 Å². The first-order valence-corrected chi connectivity index (χ1v) is 7.33. The van der Waals surface area contributed by atoms with E-state index < -0.39 is 6.10 Å². The van der Waals surface area contributed by atoms with Crippen LogP contribution in [0.25, 0.3) is 0 Å². The van der Waals surface area contributed by atoms with Gasteiger partial charge in [0, 0.05) is 3.57 Å². The third-order valence-electron chi connectivity index (χ3n) is 3.12. The zero-order valence-corrected chi connectivity index (χ0v) is 13.0. The van der Waals surface area contributed by atoms with Crippen molar-refractivity contribution in [3.8, 4) is 5.75 Å². The second kappa shape index (κ2) is 6.91. The van der Waals surface area contributed by atoms with E-state index in [2.05, 4.69) is 22.6 Å². The maximum absolute atomic E-state index is 10.1. The Bertz CT molecular complexity index is 505. The highest BCUT2D eigenvalue weighted by Gasteiger charge is 2.07. The Morgan fingerprint density at radius 2 is 1.68 bits per heavy atom. The Morgan fingerprint density at radius 3 is 2.26 bits per heavy atom. The predicted molar refractivity (Wildman–Crippen MR) is 85.4 cm³/mol. The molecule has 1 N–H and O–H groups in total. The van der Waals surface area contributed by atoms with Gasteiger partial charge in [-0.25, -0.2) is 0 Å². The molecule has 0 aliphatic heterocycles. The first-order valence-electron chi connectivity index (χ1n) is 6.25. The van der Waals surface area contributed by atoms with E-state index in [0.717, 1.165) is 24.2 Å². The van der Waals surface area contributed by atoms with E-state index in [-0.39, 0.29) is 0 Å². The Kier molecular flexibility index (Phi) is 5.22. The minimum Gasteiger partial charge on any atom is -0.497 e. The van der Waals surface area contributed by atoms with Crippen LogP contribution in [-0.4, -0.2) is 12.2 Å². The van der Waals surface area contributed by atoms with Crippen LogP contribution >= 0.6 is 22.6 Å². The molecule has 0 saturated heterocycles. The average molecular weight is 368 g/mol. The number of aryl methyl sites for hydroxylation is 1. The molecule has 19 heavy (non-hydrogen) atoms. The monoisotopic (exact) mass is 368 g/mol. The third kappa shape index (κ3) is 4.21. The highest BCUT2D eigenvalue weighted by Crippen LogP contribution is 2.21. The second-order valence-corrected chi connectivity index (χ2v) is 5.70. The quantitative estimate of drug-likeness (QED) is 0.810. The molecule has 0 spiro atoms. The number of aliphatic hydroxyl groups excluding tert-OH is 1. The molecule has 0 aliphatic rings. The fraction of sp³-hybridized carbons (Fsp3) is 0.250. The lowest BCUT2D eigenvalue weighted by Crippen LogP contribution is -1.99. The van der Waals surface area contributed by atoms with Crippen LogP contribution in [0.2, 0.25) is 0 Å². The van der Waals surface area contributed by atoms with Crippen LogP contribution in [0.3, 0.4) is 0 Å². The smallest absolute Gasteiger partial charge is 0.118 e. The van der Waals surface area contributed by atoms with E-state index in [1.807, 2.05) is 48.5 Å². The van der Waals surface area contributed by atoms with Crippen LogP contribution in [0.15, 0.2) is 48.5 Å². The summed E-state index contributed by atoms with van der Waals surface area (Å²) >= 11 is 2.26. The highest BCUT2D eigenvalue weighted by atomic mass is 127. The molecule has 2 aromatic rings. The van der Waals surface area contributed by atoms with Gasteiger partial charge in [-0.2, -0.15) is 0 Å². The predicted octanol–water partition coefficient (Wildman–Crippen LogP) is 3.97. The summed E-state index contributed by atoms with van der Waals surface area (Å²) in [6.07, 6.45) is 1.18. The Hall–Kier alpha value is -1.07. The van der Waals surface area contributed by atoms with Gasteiger partial charge >= 0.3 is 0 Å². The zero-order valence-electron chi connectivity index (χ0n) is 10.8. The van der Waals surface area contributed by atoms with Crippen molar-refractivity contribution in [2.24, 2.45) is 0 Å². The second-order valence-electron chi connectivity index (χ2n) is 4.45. The maximum Gasteiger partial charge on any atom is 0.118 e. The van der Waals surface area contributed by atoms with Crippen molar-refractivity contribution in [2.45, 2.75) is 18.9 Å². The van der Waals surface area contributed by atoms with Crippen molar-refractivity contribution in [3.63, 3.8) is 0 Å². The Morgan fingerprint density at radius 1 is 1.05 bits per heavy atom. The molecule has 0 fully saturated rings. The van der Waals surface area contributed by atoms with Crippen LogP contribution < -0.4 is 4.74 Å². The van der Waals surface area contributed by atoms with Crippen LogP contribution in [0.5, 0.6) is 5.75 Å². The molecule has 0 heterocycles. The van der Waals surface area contributed by atoms with Gasteiger partial charge in [0.05, 0.1) is 13.2 Å². The molecule has 0 saturated carbocycles. The van der Waals surface area contributed by atoms with Gasteiger partial charge < -0.3 is 9.84 Å².